The van der Waals surface area contributed by atoms with E-state index in [-0.39, 0.29) is 0 Å². The van der Waals surface area contributed by atoms with E-state index in [1.807, 2.05) is 6.08 Å². The van der Waals surface area contributed by atoms with E-state index >= 15 is 0 Å². The van der Waals surface area contributed by atoms with Crippen molar-refractivity contribution in [2.75, 3.05) is 0 Å². The van der Waals surface area contributed by atoms with Crippen LogP contribution in [0.2, 0.25) is 0 Å². The molecule has 1 heteroatoms. The zero-order chi connectivity index (χ0) is 14.7. The van der Waals surface area contributed by atoms with E-state index in [9.17, 15) is 4.79 Å². The van der Waals surface area contributed by atoms with Crippen LogP contribution in [0.4, 0.5) is 0 Å². The van der Waals surface area contributed by atoms with Crippen LogP contribution in [0.25, 0.3) is 0 Å². The lowest BCUT2D eigenvalue weighted by Gasteiger charge is -2.16. The molecule has 19 heavy (non-hydrogen) atoms. The summed E-state index contributed by atoms with van der Waals surface area (Å²) in [6, 6.07) is 0. The topological polar surface area (TPSA) is 17.1 Å². The number of carbonyl (C=O) groups is 1. The Kier molecular flexibility index (Phi) is 10.5. The average Bonchev–Trinajstić information content (AvgIpc) is 2.32. The van der Waals surface area contributed by atoms with Crippen molar-refractivity contribution in [3.05, 3.63) is 24.3 Å². The van der Waals surface area contributed by atoms with Crippen molar-refractivity contribution in [1.82, 2.24) is 0 Å². The molecule has 0 aliphatic carbocycles. The summed E-state index contributed by atoms with van der Waals surface area (Å²) in [6.45, 7) is 12.3. The van der Waals surface area contributed by atoms with Crippen LogP contribution in [0.1, 0.15) is 72.6 Å². The van der Waals surface area contributed by atoms with Crippen LogP contribution in [0.5, 0.6) is 0 Å². The molecule has 0 unspecified atom stereocenters. The molecule has 0 fully saturated rings. The van der Waals surface area contributed by atoms with Gasteiger partial charge >= 0.3 is 0 Å². The van der Waals surface area contributed by atoms with Gasteiger partial charge in [0, 0.05) is 6.42 Å². The molecule has 0 radical (unpaired) electrons. The average molecular weight is 264 g/mol. The minimum absolute atomic E-state index is 0.295. The summed E-state index contributed by atoms with van der Waals surface area (Å²) >= 11 is 0. The Morgan fingerprint density at radius 3 is 2.32 bits per heavy atom. The van der Waals surface area contributed by atoms with Gasteiger partial charge < -0.3 is 4.79 Å². The highest BCUT2D eigenvalue weighted by Crippen LogP contribution is 2.24. The SMILES string of the molecule is C=CCC/C=C(/CCC(C)=O)[C@H](C)CCCC(C)C. The maximum atomic E-state index is 11.2. The third kappa shape index (κ3) is 10.7. The zero-order valence-electron chi connectivity index (χ0n) is 13.4. The molecule has 1 nitrogen and oxygen atoms in total. The van der Waals surface area contributed by atoms with Crippen molar-refractivity contribution in [2.45, 2.75) is 72.6 Å². The van der Waals surface area contributed by atoms with Crippen LogP contribution in [-0.4, -0.2) is 5.78 Å². The number of rotatable bonds is 11. The Bertz CT molecular complexity index is 286. The summed E-state index contributed by atoms with van der Waals surface area (Å²) in [7, 11) is 0. The molecular weight excluding hydrogens is 232 g/mol. The minimum atomic E-state index is 0.295. The number of hydrogen-bond donors (Lipinski definition) is 0. The largest absolute Gasteiger partial charge is 0.300 e. The van der Waals surface area contributed by atoms with E-state index in [1.165, 1.54) is 24.8 Å². The Morgan fingerprint density at radius 1 is 1.11 bits per heavy atom. The van der Waals surface area contributed by atoms with E-state index in [1.54, 1.807) is 6.92 Å². The minimum Gasteiger partial charge on any atom is -0.300 e. The maximum Gasteiger partial charge on any atom is 0.130 e. The van der Waals surface area contributed by atoms with Gasteiger partial charge in [-0.25, -0.2) is 0 Å². The van der Waals surface area contributed by atoms with Crippen LogP contribution in [-0.2, 0) is 4.79 Å². The van der Waals surface area contributed by atoms with Crippen molar-refractivity contribution in [3.8, 4) is 0 Å². The second-order valence-electron chi connectivity index (χ2n) is 6.07. The molecule has 0 aromatic rings. The van der Waals surface area contributed by atoms with Crippen molar-refractivity contribution in [2.24, 2.45) is 11.8 Å². The van der Waals surface area contributed by atoms with Gasteiger partial charge in [-0.2, -0.15) is 0 Å². The normalized spacial score (nSPS) is 13.6. The zero-order valence-corrected chi connectivity index (χ0v) is 13.4. The molecule has 0 aliphatic rings. The lowest BCUT2D eigenvalue weighted by molar-refractivity contribution is -0.117. The number of ketones is 1. The Balaban J connectivity index is 4.31. The van der Waals surface area contributed by atoms with Gasteiger partial charge in [0.15, 0.2) is 0 Å². The molecular formula is C18H32O. The Morgan fingerprint density at radius 2 is 1.79 bits per heavy atom. The second kappa shape index (κ2) is 11.0. The molecule has 0 saturated carbocycles. The van der Waals surface area contributed by atoms with Gasteiger partial charge in [-0.15, -0.1) is 6.58 Å². The van der Waals surface area contributed by atoms with Crippen molar-refractivity contribution >= 4 is 5.78 Å². The van der Waals surface area contributed by atoms with Crippen LogP contribution in [0, 0.1) is 11.8 Å². The van der Waals surface area contributed by atoms with Crippen LogP contribution in [0.3, 0.4) is 0 Å². The molecule has 0 aliphatic heterocycles. The number of Topliss-reactive ketones (excluding diaryl/α,β-unsaturated/α-hetero) is 1. The summed E-state index contributed by atoms with van der Waals surface area (Å²) in [6.07, 6.45) is 11.9. The molecule has 0 heterocycles. The molecule has 0 N–H and O–H groups in total. The molecule has 0 rings (SSSR count). The number of hydrogen-bond acceptors (Lipinski definition) is 1. The molecule has 0 saturated heterocycles. The van der Waals surface area contributed by atoms with Gasteiger partial charge in [0.2, 0.25) is 0 Å². The van der Waals surface area contributed by atoms with E-state index in [0.29, 0.717) is 18.1 Å². The molecule has 0 bridgehead atoms. The fourth-order valence-electron chi connectivity index (χ4n) is 2.27. The number of carbonyl (C=O) groups excluding carboxylic acids is 1. The van der Waals surface area contributed by atoms with Crippen molar-refractivity contribution in [3.63, 3.8) is 0 Å². The third-order valence-corrected chi connectivity index (χ3v) is 3.59. The van der Waals surface area contributed by atoms with Gasteiger partial charge in [0.05, 0.1) is 0 Å². The molecule has 110 valence electrons. The predicted octanol–water partition coefficient (Wildman–Crippen LogP) is 5.71. The lowest BCUT2D eigenvalue weighted by atomic mass is 9.89. The van der Waals surface area contributed by atoms with E-state index in [2.05, 4.69) is 33.4 Å². The maximum absolute atomic E-state index is 11.2. The molecule has 1 atom stereocenters. The highest BCUT2D eigenvalue weighted by atomic mass is 16.1. The number of allylic oxidation sites excluding steroid dienone is 3. The van der Waals surface area contributed by atoms with Crippen LogP contribution >= 0.6 is 0 Å². The monoisotopic (exact) mass is 264 g/mol. The summed E-state index contributed by atoms with van der Waals surface area (Å²) in [5.41, 5.74) is 1.47. The molecule has 0 aromatic heterocycles. The quantitative estimate of drug-likeness (QED) is 0.345. The van der Waals surface area contributed by atoms with E-state index in [4.69, 9.17) is 0 Å². The van der Waals surface area contributed by atoms with Gasteiger partial charge in [-0.1, -0.05) is 51.3 Å². The fourth-order valence-corrected chi connectivity index (χ4v) is 2.27. The van der Waals surface area contributed by atoms with Gasteiger partial charge in [-0.05, 0) is 44.4 Å². The van der Waals surface area contributed by atoms with Gasteiger partial charge in [0.25, 0.3) is 0 Å². The molecule has 0 amide bonds. The van der Waals surface area contributed by atoms with Crippen LogP contribution in [0.15, 0.2) is 24.3 Å². The Hall–Kier alpha value is -0.850. The first kappa shape index (κ1) is 18.1. The molecule has 0 spiro atoms. The Labute approximate surface area is 120 Å². The van der Waals surface area contributed by atoms with E-state index in [0.717, 1.165) is 25.2 Å². The highest BCUT2D eigenvalue weighted by Gasteiger charge is 2.10. The first-order valence-corrected chi connectivity index (χ1v) is 7.76. The summed E-state index contributed by atoms with van der Waals surface area (Å²) < 4.78 is 0. The third-order valence-electron chi connectivity index (χ3n) is 3.59. The summed E-state index contributed by atoms with van der Waals surface area (Å²) in [5.74, 6) is 1.70. The standard InChI is InChI=1S/C18H32O/c1-6-7-8-12-18(14-13-17(5)19)16(4)11-9-10-15(2)3/h6,12,15-16H,1,7-11,13-14H2,2-5H3/b18-12-/t16-/m1/s1. The van der Waals surface area contributed by atoms with Crippen molar-refractivity contribution in [1.29, 1.82) is 0 Å². The predicted molar refractivity (Wildman–Crippen MR) is 85.3 cm³/mol. The summed E-state index contributed by atoms with van der Waals surface area (Å²) in [5, 5.41) is 0. The van der Waals surface area contributed by atoms with E-state index < -0.39 is 0 Å². The first-order chi connectivity index (χ1) is 8.97. The van der Waals surface area contributed by atoms with Gasteiger partial charge in [0.1, 0.15) is 5.78 Å². The van der Waals surface area contributed by atoms with Crippen molar-refractivity contribution < 1.29 is 4.79 Å². The summed E-state index contributed by atoms with van der Waals surface area (Å²) in [4.78, 5) is 11.2. The first-order valence-electron chi connectivity index (χ1n) is 7.76. The lowest BCUT2D eigenvalue weighted by Crippen LogP contribution is -2.03. The highest BCUT2D eigenvalue weighted by molar-refractivity contribution is 5.75. The molecule has 0 aromatic carbocycles. The fraction of sp³-hybridized carbons (Fsp3) is 0.722. The second-order valence-corrected chi connectivity index (χ2v) is 6.07. The van der Waals surface area contributed by atoms with Gasteiger partial charge in [-0.3, -0.25) is 0 Å². The number of unbranched alkanes of at least 4 members (excludes halogenated alkanes) is 1. The smallest absolute Gasteiger partial charge is 0.130 e. The van der Waals surface area contributed by atoms with Crippen LogP contribution < -0.4 is 0 Å².